The van der Waals surface area contributed by atoms with E-state index in [1.807, 2.05) is 24.3 Å². The van der Waals surface area contributed by atoms with E-state index in [0.717, 1.165) is 48.5 Å². The number of methoxy groups -OCH3 is 1. The second-order valence-corrected chi connectivity index (χ2v) is 7.59. The molecule has 0 bridgehead atoms. The number of halogens is 1. The fraction of sp³-hybridized carbons (Fsp3) is 0.391. The summed E-state index contributed by atoms with van der Waals surface area (Å²) in [6.45, 7) is 2.27. The van der Waals surface area contributed by atoms with Crippen LogP contribution in [0.3, 0.4) is 0 Å². The molecule has 0 N–H and O–H groups in total. The molecule has 1 atom stereocenters. The van der Waals surface area contributed by atoms with Gasteiger partial charge in [0.15, 0.2) is 0 Å². The number of ether oxygens (including phenoxy) is 1. The molecule has 1 amide bonds. The first-order chi connectivity index (χ1) is 14.2. The first-order valence-electron chi connectivity index (χ1n) is 10.2. The molecule has 2 aliphatic rings. The molecule has 0 spiro atoms. The van der Waals surface area contributed by atoms with Gasteiger partial charge >= 0.3 is 0 Å². The minimum absolute atomic E-state index is 0.0140. The molecule has 0 radical (unpaired) electrons. The van der Waals surface area contributed by atoms with Crippen molar-refractivity contribution in [3.05, 3.63) is 65.5 Å². The Hall–Kier alpha value is -2.73. The lowest BCUT2D eigenvalue weighted by molar-refractivity contribution is -0.134. The molecular formula is C23H26FN3O2. The molecule has 0 saturated carbocycles. The fourth-order valence-electron chi connectivity index (χ4n) is 4.12. The Morgan fingerprint density at radius 1 is 1.10 bits per heavy atom. The third-order valence-corrected chi connectivity index (χ3v) is 5.65. The van der Waals surface area contributed by atoms with Crippen LogP contribution in [0.4, 0.5) is 4.39 Å². The number of benzene rings is 2. The summed E-state index contributed by atoms with van der Waals surface area (Å²) in [5, 5.41) is 6.28. The summed E-state index contributed by atoms with van der Waals surface area (Å²) in [4.78, 5) is 15.4. The van der Waals surface area contributed by atoms with Crippen LogP contribution in [0.15, 0.2) is 53.6 Å². The predicted octanol–water partition coefficient (Wildman–Crippen LogP) is 4.00. The maximum absolute atomic E-state index is 13.4. The van der Waals surface area contributed by atoms with E-state index in [1.54, 1.807) is 24.3 Å². The van der Waals surface area contributed by atoms with Crippen LogP contribution in [-0.4, -0.2) is 48.3 Å². The van der Waals surface area contributed by atoms with Gasteiger partial charge in [-0.25, -0.2) is 9.40 Å². The normalized spacial score (nSPS) is 19.9. The summed E-state index contributed by atoms with van der Waals surface area (Å²) in [7, 11) is 1.63. The molecule has 6 heteroatoms. The van der Waals surface area contributed by atoms with Crippen LogP contribution in [0.25, 0.3) is 0 Å². The number of amides is 1. The number of hydrogen-bond acceptors (Lipinski definition) is 4. The number of likely N-dealkylation sites (tertiary alicyclic amines) is 1. The second-order valence-electron chi connectivity index (χ2n) is 7.59. The molecule has 2 heterocycles. The molecule has 1 saturated heterocycles. The maximum Gasteiger partial charge on any atom is 0.257 e. The van der Waals surface area contributed by atoms with Crippen LogP contribution in [-0.2, 0) is 4.79 Å². The second kappa shape index (κ2) is 8.74. The molecule has 5 nitrogen and oxygen atoms in total. The van der Waals surface area contributed by atoms with Crippen molar-refractivity contribution in [2.45, 2.75) is 31.7 Å². The Kier molecular flexibility index (Phi) is 5.90. The smallest absolute Gasteiger partial charge is 0.257 e. The Balaban J connectivity index is 1.63. The predicted molar refractivity (Wildman–Crippen MR) is 110 cm³/mol. The van der Waals surface area contributed by atoms with Crippen molar-refractivity contribution in [3.8, 4) is 5.75 Å². The van der Waals surface area contributed by atoms with Crippen LogP contribution in [0.1, 0.15) is 42.9 Å². The van der Waals surface area contributed by atoms with Gasteiger partial charge in [0.25, 0.3) is 5.91 Å². The first kappa shape index (κ1) is 19.6. The molecule has 4 rings (SSSR count). The van der Waals surface area contributed by atoms with Gasteiger partial charge in [0.2, 0.25) is 0 Å². The minimum Gasteiger partial charge on any atom is -0.496 e. The summed E-state index contributed by atoms with van der Waals surface area (Å²) in [5.41, 5.74) is 2.55. The van der Waals surface area contributed by atoms with Gasteiger partial charge in [0, 0.05) is 12.0 Å². The number of nitrogens with zero attached hydrogens (tertiary/aromatic N) is 3. The van der Waals surface area contributed by atoms with E-state index in [2.05, 4.69) is 10.0 Å². The Labute approximate surface area is 170 Å². The van der Waals surface area contributed by atoms with E-state index < -0.39 is 0 Å². The van der Waals surface area contributed by atoms with Crippen LogP contribution < -0.4 is 4.74 Å². The largest absolute Gasteiger partial charge is 0.496 e. The van der Waals surface area contributed by atoms with E-state index in [1.165, 1.54) is 18.6 Å². The van der Waals surface area contributed by atoms with E-state index in [9.17, 15) is 9.18 Å². The van der Waals surface area contributed by atoms with Crippen molar-refractivity contribution < 1.29 is 13.9 Å². The van der Waals surface area contributed by atoms with Gasteiger partial charge in [0.1, 0.15) is 11.6 Å². The average molecular weight is 395 g/mol. The quantitative estimate of drug-likeness (QED) is 0.769. The van der Waals surface area contributed by atoms with Gasteiger partial charge in [-0.15, -0.1) is 0 Å². The van der Waals surface area contributed by atoms with Crippen molar-refractivity contribution in [3.63, 3.8) is 0 Å². The highest BCUT2D eigenvalue weighted by atomic mass is 19.1. The molecule has 0 aliphatic carbocycles. The molecule has 152 valence electrons. The summed E-state index contributed by atoms with van der Waals surface area (Å²) in [5.74, 6) is 0.440. The van der Waals surface area contributed by atoms with Gasteiger partial charge in [0.05, 0.1) is 25.4 Å². The monoisotopic (exact) mass is 395 g/mol. The number of para-hydroxylation sites is 1. The van der Waals surface area contributed by atoms with E-state index in [4.69, 9.17) is 4.74 Å². The third kappa shape index (κ3) is 4.32. The Bertz CT molecular complexity index is 891. The van der Waals surface area contributed by atoms with Crippen LogP contribution in [0.5, 0.6) is 5.75 Å². The van der Waals surface area contributed by atoms with Crippen LogP contribution in [0.2, 0.25) is 0 Å². The molecule has 0 aromatic heterocycles. The third-order valence-electron chi connectivity index (χ3n) is 5.65. The highest BCUT2D eigenvalue weighted by Gasteiger charge is 2.35. The molecule has 2 aromatic carbocycles. The highest BCUT2D eigenvalue weighted by Crippen LogP contribution is 2.37. The first-order valence-corrected chi connectivity index (χ1v) is 10.2. The zero-order chi connectivity index (χ0) is 20.2. The summed E-state index contributed by atoms with van der Waals surface area (Å²) in [6.07, 6.45) is 4.06. The van der Waals surface area contributed by atoms with E-state index in [-0.39, 0.29) is 17.8 Å². The molecule has 2 aromatic rings. The Morgan fingerprint density at radius 2 is 1.83 bits per heavy atom. The topological polar surface area (TPSA) is 45.1 Å². The van der Waals surface area contributed by atoms with E-state index in [0.29, 0.717) is 13.0 Å². The van der Waals surface area contributed by atoms with Crippen molar-refractivity contribution in [1.82, 2.24) is 9.91 Å². The van der Waals surface area contributed by atoms with Gasteiger partial charge in [-0.3, -0.25) is 9.69 Å². The molecule has 2 aliphatic heterocycles. The summed E-state index contributed by atoms with van der Waals surface area (Å²) in [6, 6.07) is 13.8. The highest BCUT2D eigenvalue weighted by molar-refractivity contribution is 6.03. The number of carbonyl (C=O) groups excluding carboxylic acids is 1. The standard InChI is InChI=1S/C23H26FN3O2/c1-29-22-8-4-3-7-19(22)21-15-20(17-9-11-18(24)12-10-17)25-27(21)23(28)16-26-13-5-2-6-14-26/h3-4,7-12,21H,2,5-6,13-16H2,1H3/t21-/m1/s1. The lowest BCUT2D eigenvalue weighted by Crippen LogP contribution is -2.40. The van der Waals surface area contributed by atoms with Crippen LogP contribution in [0, 0.1) is 5.82 Å². The van der Waals surface area contributed by atoms with Crippen molar-refractivity contribution >= 4 is 11.6 Å². The number of rotatable bonds is 5. The maximum atomic E-state index is 13.4. The molecule has 29 heavy (non-hydrogen) atoms. The number of piperidine rings is 1. The van der Waals surface area contributed by atoms with E-state index >= 15 is 0 Å². The van der Waals surface area contributed by atoms with Crippen molar-refractivity contribution in [2.75, 3.05) is 26.7 Å². The summed E-state index contributed by atoms with van der Waals surface area (Å²) >= 11 is 0. The minimum atomic E-state index is -0.286. The van der Waals surface area contributed by atoms with Gasteiger partial charge in [-0.2, -0.15) is 5.10 Å². The lowest BCUT2D eigenvalue weighted by Gasteiger charge is -2.29. The van der Waals surface area contributed by atoms with Gasteiger partial charge in [-0.05, 0) is 49.7 Å². The lowest BCUT2D eigenvalue weighted by atomic mass is 9.97. The fourth-order valence-corrected chi connectivity index (χ4v) is 4.12. The number of hydrazone groups is 1. The summed E-state index contributed by atoms with van der Waals surface area (Å²) < 4.78 is 18.9. The van der Waals surface area contributed by atoms with Gasteiger partial charge in [-0.1, -0.05) is 36.8 Å². The Morgan fingerprint density at radius 3 is 2.55 bits per heavy atom. The number of hydrogen-bond donors (Lipinski definition) is 0. The van der Waals surface area contributed by atoms with Gasteiger partial charge < -0.3 is 4.74 Å². The van der Waals surface area contributed by atoms with Crippen molar-refractivity contribution in [2.24, 2.45) is 5.10 Å². The zero-order valence-electron chi connectivity index (χ0n) is 16.7. The SMILES string of the molecule is COc1ccccc1[C@H]1CC(c2ccc(F)cc2)=NN1C(=O)CN1CCCCC1. The zero-order valence-corrected chi connectivity index (χ0v) is 16.7. The van der Waals surface area contributed by atoms with Crippen LogP contribution >= 0.6 is 0 Å². The van der Waals surface area contributed by atoms with Crippen molar-refractivity contribution in [1.29, 1.82) is 0 Å². The molecular weight excluding hydrogens is 369 g/mol. The molecule has 0 unspecified atom stereocenters. The average Bonchev–Trinajstić information content (AvgIpc) is 3.20. The molecule has 1 fully saturated rings. The number of carbonyl (C=O) groups is 1.